The Labute approximate surface area is 155 Å². The maximum atomic E-state index is 5.88. The average molecular weight is 391 g/mol. The molecule has 0 unspecified atom stereocenters. The molecule has 0 fully saturated rings. The van der Waals surface area contributed by atoms with Gasteiger partial charge in [0.1, 0.15) is 11.4 Å². The van der Waals surface area contributed by atoms with Crippen LogP contribution in [-0.2, 0) is 0 Å². The lowest BCUT2D eigenvalue weighted by atomic mass is 10.1. The molecule has 0 N–H and O–H groups in total. The van der Waals surface area contributed by atoms with Crippen LogP contribution >= 0.6 is 17.0 Å². The first-order valence-electron chi connectivity index (χ1n) is 8.59. The van der Waals surface area contributed by atoms with Crippen molar-refractivity contribution in [1.29, 1.82) is 0 Å². The second-order valence-electron chi connectivity index (χ2n) is 5.62. The van der Waals surface area contributed by atoms with Crippen molar-refractivity contribution >= 4 is 28.4 Å². The van der Waals surface area contributed by atoms with Gasteiger partial charge < -0.3 is 4.74 Å². The predicted molar refractivity (Wildman–Crippen MR) is 106 cm³/mol. The predicted octanol–water partition coefficient (Wildman–Crippen LogP) is 7.42. The second kappa shape index (κ2) is 12.7. The molecule has 0 spiro atoms. The van der Waals surface area contributed by atoms with E-state index in [-0.39, 0.29) is 17.0 Å². The van der Waals surface area contributed by atoms with E-state index in [0.717, 1.165) is 30.2 Å². The lowest BCUT2D eigenvalue weighted by Crippen LogP contribution is -1.97. The molecule has 2 aromatic carbocycles. The van der Waals surface area contributed by atoms with Gasteiger partial charge in [0.25, 0.3) is 0 Å². The van der Waals surface area contributed by atoms with Gasteiger partial charge in [0.05, 0.1) is 12.3 Å². The van der Waals surface area contributed by atoms with Gasteiger partial charge in [-0.3, -0.25) is 0 Å². The normalized spacial score (nSPS) is 10.5. The molecule has 0 radical (unpaired) electrons. The number of azo groups is 1. The van der Waals surface area contributed by atoms with E-state index in [9.17, 15) is 0 Å². The summed E-state index contributed by atoms with van der Waals surface area (Å²) in [6.07, 6.45) is 7.58. The summed E-state index contributed by atoms with van der Waals surface area (Å²) in [6, 6.07) is 17.6. The van der Waals surface area contributed by atoms with Crippen LogP contribution in [0.3, 0.4) is 0 Å². The number of nitrogens with zero attached hydrogens (tertiary/aromatic N) is 2. The van der Waals surface area contributed by atoms with Gasteiger partial charge in [-0.2, -0.15) is 5.11 Å². The molecular weight excluding hydrogens is 364 g/mol. The third-order valence-corrected chi connectivity index (χ3v) is 3.65. The molecule has 0 saturated carbocycles. The second-order valence-corrected chi connectivity index (χ2v) is 5.62. The first kappa shape index (κ1) is 20.4. The lowest BCUT2D eigenvalue weighted by molar-refractivity contribution is 0.305. The maximum absolute atomic E-state index is 5.88. The quantitative estimate of drug-likeness (QED) is 0.306. The number of ether oxygens (including phenoxy) is 1. The summed E-state index contributed by atoms with van der Waals surface area (Å²) in [4.78, 5) is 0. The van der Waals surface area contributed by atoms with Gasteiger partial charge >= 0.3 is 0 Å². The average Bonchev–Trinajstić information content (AvgIpc) is 2.61. The number of benzene rings is 2. The fraction of sp³-hybridized carbons (Fsp3) is 0.400. The SMILES string of the molecule is Br.CCCCCCCCOc1ccccc1N=Nc1ccccc1. The van der Waals surface area contributed by atoms with Gasteiger partial charge in [-0.05, 0) is 30.7 Å². The highest BCUT2D eigenvalue weighted by Crippen LogP contribution is 2.28. The van der Waals surface area contributed by atoms with Crippen molar-refractivity contribution in [3.8, 4) is 5.75 Å². The van der Waals surface area contributed by atoms with Gasteiger partial charge in [0.2, 0.25) is 0 Å². The molecule has 0 aliphatic carbocycles. The highest BCUT2D eigenvalue weighted by Gasteiger charge is 2.01. The Hall–Kier alpha value is -1.68. The van der Waals surface area contributed by atoms with Crippen LogP contribution in [0.1, 0.15) is 45.4 Å². The van der Waals surface area contributed by atoms with Crippen molar-refractivity contribution in [2.24, 2.45) is 10.2 Å². The van der Waals surface area contributed by atoms with E-state index in [2.05, 4.69) is 17.2 Å². The van der Waals surface area contributed by atoms with E-state index in [1.807, 2.05) is 54.6 Å². The monoisotopic (exact) mass is 390 g/mol. The third kappa shape index (κ3) is 7.73. The Morgan fingerprint density at radius 3 is 2.21 bits per heavy atom. The zero-order valence-corrected chi connectivity index (χ0v) is 16.1. The largest absolute Gasteiger partial charge is 0.491 e. The van der Waals surface area contributed by atoms with E-state index in [1.54, 1.807) is 0 Å². The molecule has 0 aromatic heterocycles. The summed E-state index contributed by atoms with van der Waals surface area (Å²) in [5.74, 6) is 0.806. The fourth-order valence-electron chi connectivity index (χ4n) is 2.33. The van der Waals surface area contributed by atoms with Crippen LogP contribution in [-0.4, -0.2) is 6.61 Å². The van der Waals surface area contributed by atoms with Gasteiger partial charge in [0.15, 0.2) is 0 Å². The van der Waals surface area contributed by atoms with E-state index in [1.165, 1.54) is 32.1 Å². The molecule has 0 aliphatic rings. The molecule has 0 amide bonds. The number of rotatable bonds is 10. The molecule has 2 rings (SSSR count). The molecule has 3 nitrogen and oxygen atoms in total. The maximum Gasteiger partial charge on any atom is 0.146 e. The number of halogens is 1. The van der Waals surface area contributed by atoms with Gasteiger partial charge in [-0.25, -0.2) is 0 Å². The fourth-order valence-corrected chi connectivity index (χ4v) is 2.33. The minimum atomic E-state index is 0. The number of unbranched alkanes of at least 4 members (excludes halogenated alkanes) is 5. The van der Waals surface area contributed by atoms with E-state index in [0.29, 0.717) is 0 Å². The Kier molecular flexibility index (Phi) is 10.8. The zero-order valence-electron chi connectivity index (χ0n) is 14.4. The van der Waals surface area contributed by atoms with Crippen molar-refractivity contribution in [3.05, 3.63) is 54.6 Å². The van der Waals surface area contributed by atoms with Crippen LogP contribution < -0.4 is 4.74 Å². The minimum Gasteiger partial charge on any atom is -0.491 e. The summed E-state index contributed by atoms with van der Waals surface area (Å²) < 4.78 is 5.88. The summed E-state index contributed by atoms with van der Waals surface area (Å²) >= 11 is 0. The summed E-state index contributed by atoms with van der Waals surface area (Å²) in [5, 5.41) is 8.58. The Morgan fingerprint density at radius 2 is 1.42 bits per heavy atom. The molecule has 130 valence electrons. The number of hydrogen-bond donors (Lipinski definition) is 0. The van der Waals surface area contributed by atoms with Crippen molar-refractivity contribution in [2.45, 2.75) is 45.4 Å². The van der Waals surface area contributed by atoms with Gasteiger partial charge in [-0.15, -0.1) is 22.1 Å². The number of hydrogen-bond acceptors (Lipinski definition) is 3. The Balaban J connectivity index is 0.00000288. The molecular formula is C20H27BrN2O. The number of para-hydroxylation sites is 1. The highest BCUT2D eigenvalue weighted by atomic mass is 79.9. The third-order valence-electron chi connectivity index (χ3n) is 3.65. The molecule has 4 heteroatoms. The van der Waals surface area contributed by atoms with Crippen molar-refractivity contribution in [2.75, 3.05) is 6.61 Å². The van der Waals surface area contributed by atoms with E-state index < -0.39 is 0 Å². The van der Waals surface area contributed by atoms with Crippen LogP contribution in [0.15, 0.2) is 64.8 Å². The summed E-state index contributed by atoms with van der Waals surface area (Å²) in [5.41, 5.74) is 1.63. The molecule has 0 heterocycles. The Morgan fingerprint density at radius 1 is 0.750 bits per heavy atom. The van der Waals surface area contributed by atoms with Crippen LogP contribution in [0, 0.1) is 0 Å². The molecule has 0 bridgehead atoms. The zero-order chi connectivity index (χ0) is 16.2. The topological polar surface area (TPSA) is 34.0 Å². The van der Waals surface area contributed by atoms with Crippen molar-refractivity contribution < 1.29 is 4.74 Å². The molecule has 0 aliphatic heterocycles. The lowest BCUT2D eigenvalue weighted by Gasteiger charge is -2.08. The van der Waals surface area contributed by atoms with Crippen molar-refractivity contribution in [3.63, 3.8) is 0 Å². The van der Waals surface area contributed by atoms with Crippen LogP contribution in [0.25, 0.3) is 0 Å². The highest BCUT2D eigenvalue weighted by molar-refractivity contribution is 8.93. The van der Waals surface area contributed by atoms with Gasteiger partial charge in [0, 0.05) is 0 Å². The van der Waals surface area contributed by atoms with E-state index >= 15 is 0 Å². The first-order chi connectivity index (χ1) is 11.4. The Bertz CT molecular complexity index is 587. The smallest absolute Gasteiger partial charge is 0.146 e. The van der Waals surface area contributed by atoms with E-state index in [4.69, 9.17) is 4.74 Å². The molecule has 0 saturated heterocycles. The standard InChI is InChI=1S/C20H26N2O.BrH/c1-2-3-4-5-6-12-17-23-20-16-11-10-15-19(20)22-21-18-13-8-7-9-14-18;/h7-11,13-16H,2-6,12,17H2,1H3;1H. The first-order valence-corrected chi connectivity index (χ1v) is 8.59. The van der Waals surface area contributed by atoms with Crippen LogP contribution in [0.4, 0.5) is 11.4 Å². The molecule has 0 atom stereocenters. The van der Waals surface area contributed by atoms with Gasteiger partial charge in [-0.1, -0.05) is 69.4 Å². The minimum absolute atomic E-state index is 0. The molecule has 2 aromatic rings. The summed E-state index contributed by atoms with van der Waals surface area (Å²) in [6.45, 7) is 2.98. The molecule has 24 heavy (non-hydrogen) atoms. The van der Waals surface area contributed by atoms with Crippen LogP contribution in [0.2, 0.25) is 0 Å². The van der Waals surface area contributed by atoms with Crippen molar-refractivity contribution in [1.82, 2.24) is 0 Å². The summed E-state index contributed by atoms with van der Waals surface area (Å²) in [7, 11) is 0. The van der Waals surface area contributed by atoms with Crippen LogP contribution in [0.5, 0.6) is 5.75 Å².